The molecule has 0 radical (unpaired) electrons. The molecule has 7 aliphatic rings. The second-order valence-electron chi connectivity index (χ2n) is 33.3. The molecule has 0 bridgehead atoms. The molecular weight excluding hydrogens is 2060 g/mol. The lowest BCUT2D eigenvalue weighted by Gasteiger charge is -2.26. The third kappa shape index (κ3) is 25.4. The van der Waals surface area contributed by atoms with E-state index in [4.69, 9.17) is 97.7 Å². The average Bonchev–Trinajstić information content (AvgIpc) is 1.62. The Morgan fingerprint density at radius 3 is 0.718 bits per heavy atom. The normalized spacial score (nSPS) is 29.5. The summed E-state index contributed by atoms with van der Waals surface area (Å²) in [5.74, 6) is -0.150. The first-order chi connectivity index (χ1) is 66.5. The maximum absolute atomic E-state index is 14.6. The van der Waals surface area contributed by atoms with Crippen molar-refractivity contribution >= 4 is 71.7 Å². The highest BCUT2D eigenvalue weighted by atomic mass is 31.2. The summed E-state index contributed by atoms with van der Waals surface area (Å²) in [7, 11) is -39.3. The number of H-pyrrole nitrogens is 6. The number of aryl methyl sites for hydroxylation is 6. The Hall–Kier alpha value is -9.12. The van der Waals surface area contributed by atoms with Gasteiger partial charge in [-0.2, -0.15) is 0 Å². The number of nitrogens with zero attached hydrogens (tertiary/aromatic N) is 10. The molecule has 0 amide bonds. The van der Waals surface area contributed by atoms with Gasteiger partial charge in [0.1, 0.15) is 141 Å². The van der Waals surface area contributed by atoms with Crippen LogP contribution in [0.4, 0.5) is 5.82 Å². The van der Waals surface area contributed by atoms with Crippen LogP contribution in [0.1, 0.15) is 122 Å². The van der Waals surface area contributed by atoms with E-state index < -0.39 is 342 Å². The van der Waals surface area contributed by atoms with Crippen molar-refractivity contribution in [3.8, 4) is 0 Å². The fourth-order valence-corrected chi connectivity index (χ4v) is 22.5. The minimum absolute atomic E-state index is 0.00776. The molecule has 780 valence electrons. The van der Waals surface area contributed by atoms with Crippen molar-refractivity contribution in [2.45, 2.75) is 216 Å². The van der Waals surface area contributed by atoms with Gasteiger partial charge in [0.05, 0.1) is 52.6 Å². The van der Waals surface area contributed by atoms with Gasteiger partial charge in [0.15, 0.2) is 11.5 Å². The minimum atomic E-state index is -5.76. The van der Waals surface area contributed by atoms with E-state index in [-0.39, 0.29) is 50.4 Å². The molecule has 0 aromatic carbocycles. The fourth-order valence-electron chi connectivity index (χ4n) is 16.2. The third-order valence-corrected chi connectivity index (χ3v) is 29.8. The highest BCUT2D eigenvalue weighted by Gasteiger charge is 2.53. The van der Waals surface area contributed by atoms with E-state index >= 15 is 0 Å². The van der Waals surface area contributed by atoms with Gasteiger partial charge in [-0.1, -0.05) is 0 Å². The molecule has 8 aromatic heterocycles. The van der Waals surface area contributed by atoms with Gasteiger partial charge >= 0.3 is 88.9 Å². The molecule has 7 saturated heterocycles. The number of ether oxygens (including phenoxy) is 7. The second-order valence-corrected chi connectivity index (χ2v) is 42.9. The van der Waals surface area contributed by atoms with Gasteiger partial charge in [-0.3, -0.25) is 149 Å². The quantitative estimate of drug-likeness (QED) is 0.0171. The predicted molar refractivity (Wildman–Crippen MR) is 464 cm³/mol. The number of nitrogen functional groups attached to an aromatic ring is 1. The van der Waals surface area contributed by atoms with E-state index in [9.17, 15) is 134 Å². The van der Waals surface area contributed by atoms with Crippen molar-refractivity contribution in [2.75, 3.05) is 52.0 Å². The summed E-state index contributed by atoms with van der Waals surface area (Å²) in [5, 5.41) is 10.2. The number of fused-ring (bicyclic) bond motifs is 1. The fraction of sp³-hybridized carbons (Fsp3) is 0.586. The molecule has 0 saturated carbocycles. The van der Waals surface area contributed by atoms with Crippen molar-refractivity contribution in [3.05, 3.63) is 208 Å². The number of imidazole rings is 1. The lowest BCUT2D eigenvalue weighted by molar-refractivity contribution is -0.0657. The molecule has 27 unspecified atom stereocenters. The van der Waals surface area contributed by atoms with Gasteiger partial charge in [-0.05, 0) is 41.5 Å². The first-order valence-corrected chi connectivity index (χ1v) is 52.8. The summed E-state index contributed by atoms with van der Waals surface area (Å²) in [5.41, 5.74) is -5.58. The number of phosphoric acid groups is 7. The second kappa shape index (κ2) is 42.4. The lowest BCUT2D eigenvalue weighted by Crippen LogP contribution is -2.33. The van der Waals surface area contributed by atoms with Crippen molar-refractivity contribution in [1.29, 1.82) is 0 Å². The van der Waals surface area contributed by atoms with Crippen LogP contribution in [0.3, 0.4) is 0 Å². The zero-order valence-corrected chi connectivity index (χ0v) is 80.5. The molecule has 72 heteroatoms. The van der Waals surface area contributed by atoms with Gasteiger partial charge in [0.2, 0.25) is 0 Å². The standard InChI is InChI=1S/C70H92N17O48P7/c1-29-14-81(65(95)75-59(29)89)49-7-35(42(20-88)122-49)130-137(104,105)117-22-44-37(9-51(124-44)83-16-31(3)61(91)77-67(83)97)132-139(108,109)119-24-46-40(12-54(126-46)86-19-34(6)64(94)80-70(86)100)134-141(112,113)121-26-48-41(13-55(128-48)87-28-74-56-57(71)72-27-73-58(56)87)135-142(114,115)120-25-47-39(11-53(127-47)85-18-33(5)63(93)79-69(85)99)133-140(110,111)118-23-45-38(10-52(125-45)84-17-32(4)62(92)78-68(84)98)131-138(106,107)116-21-43-36(129-136(101,102)103)8-50(123-43)82-15-30(2)60(90)76-66(82)96/h14-19,27-28,35-55,88H,7-13,20-26H2,1-6H3,(H,104,105)(H,106,107)(H,108,109)(H,110,111)(H,112,113)(H,114,115)(H2,71,72,73)(H,75,89,95)(H,76,90,96)(H,77,91,97)(H,78,92,98)(H,79,93,99)(H,80,94,100)(H2,101,102,103). The van der Waals surface area contributed by atoms with Crippen LogP contribution in [0.25, 0.3) is 11.2 Å². The van der Waals surface area contributed by atoms with Crippen LogP contribution in [0, 0.1) is 41.5 Å². The summed E-state index contributed by atoms with van der Waals surface area (Å²) in [4.78, 5) is 267. The van der Waals surface area contributed by atoms with E-state index in [0.29, 0.717) is 0 Å². The molecule has 7 fully saturated rings. The number of hydrogen-bond donors (Lipinski definition) is 16. The molecule has 17 N–H and O–H groups in total. The summed E-state index contributed by atoms with van der Waals surface area (Å²) in [6.07, 6.45) is -31.2. The van der Waals surface area contributed by atoms with Gasteiger partial charge in [0.25, 0.3) is 33.4 Å². The number of nitrogens with two attached hydrogens (primary N) is 1. The van der Waals surface area contributed by atoms with Crippen LogP contribution in [0.2, 0.25) is 0 Å². The molecule has 142 heavy (non-hydrogen) atoms. The number of rotatable bonds is 40. The predicted octanol–water partition coefficient (Wildman–Crippen LogP) is -2.94. The van der Waals surface area contributed by atoms with Crippen LogP contribution in [0.15, 0.2) is 107 Å². The topological polar surface area (TPSA) is 885 Å². The van der Waals surface area contributed by atoms with E-state index in [1.807, 2.05) is 19.9 Å². The average molecular weight is 2160 g/mol. The Morgan fingerprint density at radius 2 is 0.507 bits per heavy atom. The van der Waals surface area contributed by atoms with Gasteiger partial charge in [-0.15, -0.1) is 0 Å². The Bertz CT molecular complexity index is 7270. The van der Waals surface area contributed by atoms with E-state index in [1.165, 1.54) is 46.1 Å². The molecule has 15 heterocycles. The monoisotopic (exact) mass is 2160 g/mol. The number of hydrogen-bond acceptors (Lipinski definition) is 44. The molecule has 0 aliphatic carbocycles. The van der Waals surface area contributed by atoms with Crippen molar-refractivity contribution in [1.82, 2.24) is 76.8 Å². The molecule has 7 aliphatic heterocycles. The Morgan fingerprint density at radius 1 is 0.310 bits per heavy atom. The molecule has 27 atom stereocenters. The van der Waals surface area contributed by atoms with Crippen LogP contribution in [0.5, 0.6) is 0 Å². The molecule has 0 spiro atoms. The minimum Gasteiger partial charge on any atom is -0.394 e. The first kappa shape index (κ1) is 107. The summed E-state index contributed by atoms with van der Waals surface area (Å²) >= 11 is 0. The van der Waals surface area contributed by atoms with Gasteiger partial charge in [0, 0.05) is 116 Å². The third-order valence-electron chi connectivity index (χ3n) is 23.2. The van der Waals surface area contributed by atoms with E-state index in [2.05, 4.69) is 24.9 Å². The number of aliphatic hydroxyl groups is 1. The van der Waals surface area contributed by atoms with Crippen molar-refractivity contribution < 1.29 is 168 Å². The summed E-state index contributed by atoms with van der Waals surface area (Å²) in [6.45, 7) is -0.111. The number of aromatic amines is 6. The Kier molecular flexibility index (Phi) is 32.0. The van der Waals surface area contributed by atoms with Crippen LogP contribution in [-0.4, -0.2) is 253 Å². The first-order valence-electron chi connectivity index (χ1n) is 42.3. The molecule has 65 nitrogen and oxygen atoms in total. The molecular formula is C70H92N17O48P7. The van der Waals surface area contributed by atoms with Crippen LogP contribution >= 0.6 is 54.8 Å². The van der Waals surface area contributed by atoms with Crippen LogP contribution < -0.4 is 73.2 Å². The van der Waals surface area contributed by atoms with Gasteiger partial charge < -0.3 is 83.1 Å². The molecule has 8 aromatic rings. The van der Waals surface area contributed by atoms with Crippen molar-refractivity contribution in [3.63, 3.8) is 0 Å². The zero-order valence-electron chi connectivity index (χ0n) is 74.3. The maximum Gasteiger partial charge on any atom is 0.472 e. The number of phosphoric ester groups is 7. The summed E-state index contributed by atoms with van der Waals surface area (Å²) < 4.78 is 216. The SMILES string of the molecule is Cc1cn(C2CC(OP(=O)(O)O)C(COP(=O)(O)OC3CC(n4cc(C)c(=O)[nH]c4=O)OC3COP(=O)(O)OC3CC(n4cc(C)c(=O)[nH]c4=O)OC3COP(=O)(O)OC3CC(n4cnc5c(N)ncnc54)OC3COP(=O)(O)OC3CC(n4cc(C)c(=O)[nH]c4=O)OC3COP(=O)(O)OC3CC(n4cc(C)c(=O)[nH]c4=O)OC3COP(=O)(O)OC3CC(n4cc(C)c(=O)[nH]c4=O)OC3CO)O2)c(=O)[nH]c1=O. The maximum atomic E-state index is 14.6. The van der Waals surface area contributed by atoms with E-state index in [1.54, 1.807) is 0 Å². The van der Waals surface area contributed by atoms with Crippen molar-refractivity contribution in [2.24, 2.45) is 0 Å². The van der Waals surface area contributed by atoms with Gasteiger partial charge in [-0.25, -0.2) is 75.7 Å². The zero-order chi connectivity index (χ0) is 103. The number of aliphatic hydroxyl groups excluding tert-OH is 1. The highest BCUT2D eigenvalue weighted by Crippen LogP contribution is 2.58. The molecule has 15 rings (SSSR count). The number of anilines is 1. The largest absolute Gasteiger partial charge is 0.472 e. The number of aromatic nitrogens is 16. The lowest BCUT2D eigenvalue weighted by atomic mass is 10.2. The summed E-state index contributed by atoms with van der Waals surface area (Å²) in [6, 6.07) is 0. The van der Waals surface area contributed by atoms with E-state index in [0.717, 1.165) is 77.2 Å². The number of nitrogens with one attached hydrogen (secondary N) is 6. The Balaban J connectivity index is 0.636. The smallest absolute Gasteiger partial charge is 0.394 e. The Labute approximate surface area is 789 Å². The highest BCUT2D eigenvalue weighted by molar-refractivity contribution is 7.49. The van der Waals surface area contributed by atoms with Crippen LogP contribution in [-0.2, 0) is 124 Å².